The van der Waals surface area contributed by atoms with Gasteiger partial charge in [-0.3, -0.25) is 24.0 Å². The van der Waals surface area contributed by atoms with Crippen molar-refractivity contribution in [2.45, 2.75) is 64.3 Å². The number of nitrogens with zero attached hydrogens (tertiary/aromatic N) is 2. The standard InChI is InChI=1S/C22H28N2O4S2/c1-17(2)15(25)18(3,4)21(17)23(13-9-11-14(12-10-13)24(27)28)30-22(29-21)19(5,6)16(26)20(22,7)8/h9-12H,1-8H3. The highest BCUT2D eigenvalue weighted by Crippen LogP contribution is 2.85. The third kappa shape index (κ3) is 1.96. The van der Waals surface area contributed by atoms with Crippen LogP contribution < -0.4 is 4.31 Å². The third-order valence-corrected chi connectivity index (χ3v) is 13.0. The maximum absolute atomic E-state index is 13.2. The molecular weight excluding hydrogens is 420 g/mol. The summed E-state index contributed by atoms with van der Waals surface area (Å²) in [4.78, 5) is 36.4. The predicted molar refractivity (Wildman–Crippen MR) is 121 cm³/mol. The van der Waals surface area contributed by atoms with Crippen molar-refractivity contribution in [2.24, 2.45) is 21.7 Å². The van der Waals surface area contributed by atoms with E-state index in [0.29, 0.717) is 0 Å². The monoisotopic (exact) mass is 448 g/mol. The van der Waals surface area contributed by atoms with Crippen molar-refractivity contribution in [3.8, 4) is 0 Å². The summed E-state index contributed by atoms with van der Waals surface area (Å²) in [6.07, 6.45) is 0. The van der Waals surface area contributed by atoms with Gasteiger partial charge in [0.15, 0.2) is 5.78 Å². The van der Waals surface area contributed by atoms with Crippen LogP contribution in [-0.4, -0.2) is 25.4 Å². The number of nitro benzene ring substituents is 1. The van der Waals surface area contributed by atoms with E-state index in [4.69, 9.17) is 0 Å². The number of benzene rings is 1. The summed E-state index contributed by atoms with van der Waals surface area (Å²) in [7, 11) is 0. The maximum Gasteiger partial charge on any atom is 0.269 e. The van der Waals surface area contributed by atoms with Gasteiger partial charge in [-0.25, -0.2) is 0 Å². The molecule has 6 nitrogen and oxygen atoms in total. The maximum atomic E-state index is 13.2. The van der Waals surface area contributed by atoms with Gasteiger partial charge in [0.2, 0.25) is 0 Å². The van der Waals surface area contributed by atoms with Crippen LogP contribution in [0.5, 0.6) is 0 Å². The van der Waals surface area contributed by atoms with E-state index in [-0.39, 0.29) is 17.3 Å². The molecule has 0 radical (unpaired) electrons. The Labute approximate surface area is 185 Å². The number of hydrogen-bond donors (Lipinski definition) is 0. The number of non-ortho nitro benzene ring substituents is 1. The van der Waals surface area contributed by atoms with Crippen LogP contribution in [0.3, 0.4) is 0 Å². The fraction of sp³-hybridized carbons (Fsp3) is 0.636. The number of anilines is 1. The summed E-state index contributed by atoms with van der Waals surface area (Å²) in [5.74, 6) is 0.408. The molecule has 0 bridgehead atoms. The first-order valence-corrected chi connectivity index (χ1v) is 11.7. The Morgan fingerprint density at radius 3 is 1.67 bits per heavy atom. The van der Waals surface area contributed by atoms with Gasteiger partial charge < -0.3 is 0 Å². The Hall–Kier alpha value is -1.54. The van der Waals surface area contributed by atoms with E-state index in [0.717, 1.165) is 5.69 Å². The topological polar surface area (TPSA) is 80.5 Å². The molecule has 1 saturated heterocycles. The lowest BCUT2D eigenvalue weighted by Crippen LogP contribution is -2.77. The third-order valence-electron chi connectivity index (χ3n) is 7.70. The largest absolute Gasteiger partial charge is 0.298 e. The molecule has 30 heavy (non-hydrogen) atoms. The molecule has 1 aromatic rings. The van der Waals surface area contributed by atoms with Gasteiger partial charge in [-0.15, -0.1) is 11.8 Å². The van der Waals surface area contributed by atoms with Crippen LogP contribution >= 0.6 is 23.7 Å². The summed E-state index contributed by atoms with van der Waals surface area (Å²) in [6, 6.07) is 6.51. The molecule has 1 heterocycles. The summed E-state index contributed by atoms with van der Waals surface area (Å²) < 4.78 is 1.73. The summed E-state index contributed by atoms with van der Waals surface area (Å²) in [6.45, 7) is 15.9. The first kappa shape index (κ1) is 21.7. The van der Waals surface area contributed by atoms with Crippen LogP contribution in [0.4, 0.5) is 11.4 Å². The fourth-order valence-corrected chi connectivity index (χ4v) is 10.9. The van der Waals surface area contributed by atoms with E-state index in [1.807, 2.05) is 55.4 Å². The van der Waals surface area contributed by atoms with Crippen molar-refractivity contribution in [2.75, 3.05) is 4.31 Å². The SMILES string of the molecule is CC1(C)C(=O)C(C)(C)C12SN(c1ccc([N+](=O)[O-])cc1)C1(S2)C(C)(C)C(=O)C1(C)C. The van der Waals surface area contributed by atoms with Gasteiger partial charge in [0.05, 0.1) is 26.6 Å². The molecule has 0 atom stereocenters. The van der Waals surface area contributed by atoms with Gasteiger partial charge in [0.25, 0.3) is 5.69 Å². The summed E-state index contributed by atoms with van der Waals surface area (Å²) in [5, 5.41) is 11.1. The second kappa shape index (κ2) is 5.63. The number of nitro groups is 1. The van der Waals surface area contributed by atoms with Crippen LogP contribution in [0.25, 0.3) is 0 Å². The predicted octanol–water partition coefficient (Wildman–Crippen LogP) is 5.46. The van der Waals surface area contributed by atoms with Crippen molar-refractivity contribution < 1.29 is 14.5 Å². The van der Waals surface area contributed by atoms with Crippen LogP contribution in [-0.2, 0) is 9.59 Å². The minimum absolute atomic E-state index is 0.0297. The first-order chi connectivity index (χ1) is 13.5. The lowest BCUT2D eigenvalue weighted by Gasteiger charge is -2.67. The van der Waals surface area contributed by atoms with Crippen molar-refractivity contribution >= 4 is 46.7 Å². The zero-order valence-electron chi connectivity index (χ0n) is 18.7. The van der Waals surface area contributed by atoms with Crippen LogP contribution in [0.1, 0.15) is 55.4 Å². The number of carbonyl (C=O) groups is 2. The number of hydrogen-bond acceptors (Lipinski definition) is 7. The molecule has 1 aliphatic heterocycles. The molecule has 0 aromatic heterocycles. The van der Waals surface area contributed by atoms with Gasteiger partial charge in [0.1, 0.15) is 14.7 Å². The molecule has 0 unspecified atom stereocenters. The van der Waals surface area contributed by atoms with Crippen LogP contribution in [0.15, 0.2) is 24.3 Å². The Kier molecular flexibility index (Phi) is 4.07. The van der Waals surface area contributed by atoms with Gasteiger partial charge in [0, 0.05) is 17.8 Å². The second-order valence-electron chi connectivity index (χ2n) is 10.7. The van der Waals surface area contributed by atoms with Crippen molar-refractivity contribution in [1.29, 1.82) is 0 Å². The lowest BCUT2D eigenvalue weighted by atomic mass is 9.50. The number of carbonyl (C=O) groups excluding carboxylic acids is 2. The average Bonchev–Trinajstić information content (AvgIpc) is 3.09. The van der Waals surface area contributed by atoms with Gasteiger partial charge >= 0.3 is 0 Å². The number of rotatable bonds is 2. The molecule has 0 N–H and O–H groups in total. The molecule has 2 spiro atoms. The zero-order valence-corrected chi connectivity index (χ0v) is 20.3. The van der Waals surface area contributed by atoms with Crippen LogP contribution in [0, 0.1) is 31.8 Å². The van der Waals surface area contributed by atoms with Gasteiger partial charge in [-0.2, -0.15) is 0 Å². The quantitative estimate of drug-likeness (QED) is 0.338. The molecule has 0 amide bonds. The molecular formula is C22H28N2O4S2. The normalized spacial score (nSPS) is 28.3. The molecule has 1 aromatic carbocycles. The molecule has 2 aliphatic carbocycles. The minimum Gasteiger partial charge on any atom is -0.298 e. The highest BCUT2D eigenvalue weighted by Gasteiger charge is 2.87. The molecule has 3 aliphatic rings. The van der Waals surface area contributed by atoms with E-state index in [9.17, 15) is 19.7 Å². The van der Waals surface area contributed by atoms with Gasteiger partial charge in [-0.05, 0) is 51.8 Å². The van der Waals surface area contributed by atoms with Crippen molar-refractivity contribution in [3.63, 3.8) is 0 Å². The Morgan fingerprint density at radius 2 is 1.23 bits per heavy atom. The van der Waals surface area contributed by atoms with E-state index in [1.165, 1.54) is 12.1 Å². The number of Topliss-reactive ketones (excluding diaryl/α,β-unsaturated/α-hetero) is 2. The van der Waals surface area contributed by atoms with E-state index >= 15 is 0 Å². The Bertz CT molecular complexity index is 959. The van der Waals surface area contributed by atoms with Crippen LogP contribution in [0.2, 0.25) is 0 Å². The van der Waals surface area contributed by atoms with Gasteiger partial charge in [-0.1, -0.05) is 27.7 Å². The summed E-state index contributed by atoms with van der Waals surface area (Å²) >= 11 is 3.38. The Balaban J connectivity index is 1.93. The van der Waals surface area contributed by atoms with Crippen molar-refractivity contribution in [1.82, 2.24) is 0 Å². The van der Waals surface area contributed by atoms with E-state index < -0.39 is 35.5 Å². The molecule has 2 saturated carbocycles. The van der Waals surface area contributed by atoms with Crippen molar-refractivity contribution in [3.05, 3.63) is 34.4 Å². The number of thioether (sulfide) groups is 1. The molecule has 8 heteroatoms. The average molecular weight is 449 g/mol. The fourth-order valence-electron chi connectivity index (χ4n) is 6.26. The zero-order chi connectivity index (χ0) is 22.7. The van der Waals surface area contributed by atoms with E-state index in [2.05, 4.69) is 4.31 Å². The van der Waals surface area contributed by atoms with E-state index in [1.54, 1.807) is 35.8 Å². The molecule has 162 valence electrons. The Morgan fingerprint density at radius 1 is 0.800 bits per heavy atom. The molecule has 4 rings (SSSR count). The minimum atomic E-state index is -0.649. The highest BCUT2D eigenvalue weighted by atomic mass is 32.2. The smallest absolute Gasteiger partial charge is 0.269 e. The summed E-state index contributed by atoms with van der Waals surface area (Å²) in [5.41, 5.74) is -1.59. The lowest BCUT2D eigenvalue weighted by molar-refractivity contribution is -0.384. The highest BCUT2D eigenvalue weighted by molar-refractivity contribution is 8.23. The molecule has 3 fully saturated rings. The first-order valence-electron chi connectivity index (χ1n) is 10.1. The second-order valence-corrected chi connectivity index (χ2v) is 13.5. The number of ketones is 2.